The molecule has 2 aliphatic rings. The van der Waals surface area contributed by atoms with Gasteiger partial charge in [0, 0.05) is 25.2 Å². The summed E-state index contributed by atoms with van der Waals surface area (Å²) in [6.45, 7) is 2.72. The van der Waals surface area contributed by atoms with Gasteiger partial charge in [-0.1, -0.05) is 5.16 Å². The molecule has 3 heterocycles. The predicted molar refractivity (Wildman–Crippen MR) is 52.3 cm³/mol. The van der Waals surface area contributed by atoms with Crippen LogP contribution in [-0.2, 0) is 0 Å². The maximum absolute atomic E-state index is 11.9. The van der Waals surface area contributed by atoms with E-state index in [0.717, 1.165) is 19.6 Å². The number of rotatable bonds is 1. The number of hydrogen-bond donors (Lipinski definition) is 1. The molecule has 0 aliphatic carbocycles. The molecule has 1 N–H and O–H groups in total. The molecule has 3 rings (SSSR count). The summed E-state index contributed by atoms with van der Waals surface area (Å²) in [5, 5.41) is 6.96. The van der Waals surface area contributed by atoms with Gasteiger partial charge in [0.15, 0.2) is 0 Å². The van der Waals surface area contributed by atoms with E-state index in [4.69, 9.17) is 4.52 Å². The molecule has 0 radical (unpaired) electrons. The maximum atomic E-state index is 11.9. The van der Waals surface area contributed by atoms with Gasteiger partial charge in [-0.05, 0) is 18.9 Å². The van der Waals surface area contributed by atoms with Crippen LogP contribution in [0.1, 0.15) is 17.0 Å². The average Bonchev–Trinajstić information content (AvgIpc) is 2.92. The van der Waals surface area contributed by atoms with Crippen molar-refractivity contribution in [3.05, 3.63) is 18.0 Å². The zero-order chi connectivity index (χ0) is 10.3. The van der Waals surface area contributed by atoms with Crippen LogP contribution >= 0.6 is 0 Å². The second-order valence-corrected chi connectivity index (χ2v) is 4.20. The molecule has 2 saturated heterocycles. The first-order valence-corrected chi connectivity index (χ1v) is 5.28. The zero-order valence-electron chi connectivity index (χ0n) is 8.35. The first kappa shape index (κ1) is 8.91. The Morgan fingerprint density at radius 2 is 2.53 bits per heavy atom. The van der Waals surface area contributed by atoms with Crippen LogP contribution < -0.4 is 5.32 Å². The van der Waals surface area contributed by atoms with E-state index < -0.39 is 0 Å². The van der Waals surface area contributed by atoms with Crippen molar-refractivity contribution in [2.45, 2.75) is 12.5 Å². The highest BCUT2D eigenvalue weighted by atomic mass is 16.5. The number of carbonyl (C=O) groups is 1. The summed E-state index contributed by atoms with van der Waals surface area (Å²) in [6, 6.07) is 2.10. The van der Waals surface area contributed by atoms with Crippen LogP contribution in [0.5, 0.6) is 0 Å². The van der Waals surface area contributed by atoms with Crippen molar-refractivity contribution in [3.63, 3.8) is 0 Å². The lowest BCUT2D eigenvalue weighted by molar-refractivity contribution is 0.0741. The van der Waals surface area contributed by atoms with Crippen LogP contribution in [0.25, 0.3) is 0 Å². The number of hydrogen-bond acceptors (Lipinski definition) is 4. The van der Waals surface area contributed by atoms with Crippen LogP contribution in [0, 0.1) is 5.92 Å². The van der Waals surface area contributed by atoms with Gasteiger partial charge in [0.05, 0.1) is 6.20 Å². The third kappa shape index (κ3) is 1.43. The van der Waals surface area contributed by atoms with Gasteiger partial charge in [0.25, 0.3) is 5.91 Å². The molecule has 5 heteroatoms. The minimum Gasteiger partial charge on any atom is -0.351 e. The van der Waals surface area contributed by atoms with Crippen molar-refractivity contribution in [1.82, 2.24) is 15.4 Å². The number of likely N-dealkylation sites (tertiary alicyclic amines) is 1. The molecular weight excluding hydrogens is 194 g/mol. The molecule has 2 atom stereocenters. The SMILES string of the molecule is O=C(c1ccno1)N1C[C@H]2CCN[C@H]2C1. The van der Waals surface area contributed by atoms with Gasteiger partial charge >= 0.3 is 0 Å². The lowest BCUT2D eigenvalue weighted by atomic mass is 10.1. The minimum atomic E-state index is -0.0382. The van der Waals surface area contributed by atoms with Crippen molar-refractivity contribution >= 4 is 5.91 Å². The van der Waals surface area contributed by atoms with Crippen molar-refractivity contribution in [2.75, 3.05) is 19.6 Å². The Labute approximate surface area is 87.4 Å². The highest BCUT2D eigenvalue weighted by molar-refractivity contribution is 5.91. The van der Waals surface area contributed by atoms with Gasteiger partial charge < -0.3 is 14.7 Å². The van der Waals surface area contributed by atoms with E-state index in [1.54, 1.807) is 6.07 Å². The number of nitrogens with zero attached hydrogens (tertiary/aromatic N) is 2. The number of carbonyl (C=O) groups excluding carboxylic acids is 1. The number of amides is 1. The number of nitrogens with one attached hydrogen (secondary N) is 1. The Bertz CT molecular complexity index is 351. The van der Waals surface area contributed by atoms with E-state index in [2.05, 4.69) is 10.5 Å². The van der Waals surface area contributed by atoms with Crippen LogP contribution in [0.4, 0.5) is 0 Å². The summed E-state index contributed by atoms with van der Waals surface area (Å²) >= 11 is 0. The monoisotopic (exact) mass is 207 g/mol. The van der Waals surface area contributed by atoms with E-state index in [1.807, 2.05) is 4.90 Å². The van der Waals surface area contributed by atoms with Crippen molar-refractivity contribution in [3.8, 4) is 0 Å². The molecule has 15 heavy (non-hydrogen) atoms. The Morgan fingerprint density at radius 3 is 3.27 bits per heavy atom. The Balaban J connectivity index is 1.72. The summed E-state index contributed by atoms with van der Waals surface area (Å²) < 4.78 is 4.87. The Morgan fingerprint density at radius 1 is 1.60 bits per heavy atom. The van der Waals surface area contributed by atoms with Crippen molar-refractivity contribution in [1.29, 1.82) is 0 Å². The second kappa shape index (κ2) is 3.34. The topological polar surface area (TPSA) is 58.4 Å². The van der Waals surface area contributed by atoms with Gasteiger partial charge in [-0.25, -0.2) is 0 Å². The number of aromatic nitrogens is 1. The molecule has 0 saturated carbocycles. The smallest absolute Gasteiger partial charge is 0.292 e. The van der Waals surface area contributed by atoms with Crippen LogP contribution in [0.15, 0.2) is 16.8 Å². The molecule has 1 aromatic heterocycles. The summed E-state index contributed by atoms with van der Waals surface area (Å²) in [6.07, 6.45) is 2.67. The quantitative estimate of drug-likeness (QED) is 0.710. The largest absolute Gasteiger partial charge is 0.351 e. The molecule has 1 amide bonds. The van der Waals surface area contributed by atoms with Crippen LogP contribution in [0.2, 0.25) is 0 Å². The first-order valence-electron chi connectivity index (χ1n) is 5.28. The molecule has 0 spiro atoms. The molecule has 5 nitrogen and oxygen atoms in total. The Hall–Kier alpha value is -1.36. The molecule has 0 aromatic carbocycles. The standard InChI is InChI=1S/C10H13N3O2/c14-10(9-2-4-12-15-9)13-5-7-1-3-11-8(7)6-13/h2,4,7-8,11H,1,3,5-6H2/t7-,8+/m1/s1. The second-order valence-electron chi connectivity index (χ2n) is 4.20. The third-order valence-corrected chi connectivity index (χ3v) is 3.30. The fraction of sp³-hybridized carbons (Fsp3) is 0.600. The average molecular weight is 207 g/mol. The van der Waals surface area contributed by atoms with E-state index >= 15 is 0 Å². The summed E-state index contributed by atoms with van der Waals surface area (Å²) in [5.41, 5.74) is 0. The highest BCUT2D eigenvalue weighted by Gasteiger charge is 2.38. The predicted octanol–water partition coefficient (Wildman–Crippen LogP) is 0.108. The van der Waals surface area contributed by atoms with Gasteiger partial charge in [0.2, 0.25) is 5.76 Å². The summed E-state index contributed by atoms with van der Waals surface area (Å²) in [7, 11) is 0. The van der Waals surface area contributed by atoms with E-state index in [9.17, 15) is 4.79 Å². The normalized spacial score (nSPS) is 29.5. The third-order valence-electron chi connectivity index (χ3n) is 3.30. The number of fused-ring (bicyclic) bond motifs is 1. The van der Waals surface area contributed by atoms with Gasteiger partial charge in [-0.3, -0.25) is 4.79 Å². The van der Waals surface area contributed by atoms with E-state index in [-0.39, 0.29) is 5.91 Å². The highest BCUT2D eigenvalue weighted by Crippen LogP contribution is 2.25. The van der Waals surface area contributed by atoms with Gasteiger partial charge in [-0.15, -0.1) is 0 Å². The fourth-order valence-electron chi connectivity index (χ4n) is 2.50. The molecule has 0 unspecified atom stereocenters. The maximum Gasteiger partial charge on any atom is 0.292 e. The molecule has 2 fully saturated rings. The Kier molecular flexibility index (Phi) is 1.98. The van der Waals surface area contributed by atoms with Crippen LogP contribution in [-0.4, -0.2) is 41.6 Å². The lowest BCUT2D eigenvalue weighted by Crippen LogP contribution is -2.33. The fourth-order valence-corrected chi connectivity index (χ4v) is 2.50. The molecular formula is C10H13N3O2. The van der Waals surface area contributed by atoms with E-state index in [1.165, 1.54) is 12.6 Å². The minimum absolute atomic E-state index is 0.0382. The van der Waals surface area contributed by atoms with Gasteiger partial charge in [-0.2, -0.15) is 0 Å². The first-order chi connectivity index (χ1) is 7.34. The summed E-state index contributed by atoms with van der Waals surface area (Å²) in [4.78, 5) is 13.8. The lowest BCUT2D eigenvalue weighted by Gasteiger charge is -2.14. The zero-order valence-corrected chi connectivity index (χ0v) is 8.35. The summed E-state index contributed by atoms with van der Waals surface area (Å²) in [5.74, 6) is 0.926. The van der Waals surface area contributed by atoms with Crippen LogP contribution in [0.3, 0.4) is 0 Å². The molecule has 2 aliphatic heterocycles. The van der Waals surface area contributed by atoms with E-state index in [0.29, 0.717) is 17.7 Å². The van der Waals surface area contributed by atoms with Crippen molar-refractivity contribution < 1.29 is 9.32 Å². The van der Waals surface area contributed by atoms with Gasteiger partial charge in [0.1, 0.15) is 0 Å². The molecule has 0 bridgehead atoms. The van der Waals surface area contributed by atoms with Crippen molar-refractivity contribution in [2.24, 2.45) is 5.92 Å². The molecule has 80 valence electrons. The molecule has 1 aromatic rings.